The topological polar surface area (TPSA) is 121 Å². The molecule has 6 nitrogen and oxygen atoms in total. The summed E-state index contributed by atoms with van der Waals surface area (Å²) in [5.41, 5.74) is 0. The van der Waals surface area contributed by atoms with Gasteiger partial charge in [-0.1, -0.05) is 237 Å². The first-order chi connectivity index (χ1) is 46.8. The summed E-state index contributed by atoms with van der Waals surface area (Å²) in [7, 11) is 0. The minimum absolute atomic E-state index is 0. The average molecular weight is 1330 g/mol. The summed E-state index contributed by atoms with van der Waals surface area (Å²) in [5, 5.41) is 57.2. The molecule has 0 spiro atoms. The van der Waals surface area contributed by atoms with E-state index in [1.54, 1.807) is 212 Å². The van der Waals surface area contributed by atoms with Crippen LogP contribution in [0.5, 0.6) is 34.5 Å². The molecule has 98 heavy (non-hydrogen) atoms. The molecule has 6 heteroatoms. The summed E-state index contributed by atoms with van der Waals surface area (Å²) in [6.45, 7) is 23.4. The molecular formula is C92H132O6. The molecular weight excluding hydrogens is 1200 g/mol. The monoisotopic (exact) mass is 1330 g/mol. The third-order valence-corrected chi connectivity index (χ3v) is 23.4. The quantitative estimate of drug-likeness (QED) is 0.0842. The zero-order valence-electron chi connectivity index (χ0n) is 60.6. The van der Waals surface area contributed by atoms with Gasteiger partial charge in [0.25, 0.3) is 0 Å². The lowest BCUT2D eigenvalue weighted by atomic mass is 9.64. The Morgan fingerprint density at radius 3 is 0.704 bits per heavy atom. The molecule has 0 aromatic heterocycles. The third-order valence-electron chi connectivity index (χ3n) is 23.4. The largest absolute Gasteiger partial charge is 0.508 e. The van der Waals surface area contributed by atoms with Crippen LogP contribution < -0.4 is 0 Å². The molecule has 8 bridgehead atoms. The number of fused-ring (bicyclic) bond motifs is 24. The van der Waals surface area contributed by atoms with E-state index in [0.717, 1.165) is 39.3 Å². The van der Waals surface area contributed by atoms with Gasteiger partial charge in [0.1, 0.15) is 34.5 Å². The van der Waals surface area contributed by atoms with Crippen molar-refractivity contribution in [2.45, 2.75) is 194 Å². The van der Waals surface area contributed by atoms with Crippen LogP contribution in [0.2, 0.25) is 0 Å². The first-order valence-electron chi connectivity index (χ1n) is 38.1. The van der Waals surface area contributed by atoms with E-state index >= 15 is 0 Å². The number of para-hydroxylation sites is 4. The lowest BCUT2D eigenvalue weighted by Crippen LogP contribution is -2.35. The Hall–Kier alpha value is -6.92. The van der Waals surface area contributed by atoms with E-state index < -0.39 is 0 Å². The molecule has 16 atom stereocenters. The normalized spacial score (nSPS) is 29.9. The number of rotatable bonds is 0. The lowest BCUT2D eigenvalue weighted by molar-refractivity contribution is 0.0716. The molecule has 8 aromatic rings. The van der Waals surface area contributed by atoms with Crippen molar-refractivity contribution < 1.29 is 30.6 Å². The van der Waals surface area contributed by atoms with E-state index in [4.69, 9.17) is 20.4 Å². The van der Waals surface area contributed by atoms with Crippen LogP contribution in [-0.2, 0) is 0 Å². The van der Waals surface area contributed by atoms with Gasteiger partial charge >= 0.3 is 0 Å². The van der Waals surface area contributed by atoms with Crippen molar-refractivity contribution in [3.05, 3.63) is 206 Å². The average Bonchev–Trinajstić information content (AvgIpc) is 1.54. The first kappa shape index (κ1) is 81.8. The second-order valence-electron chi connectivity index (χ2n) is 28.8. The molecule has 0 aliphatic heterocycles. The van der Waals surface area contributed by atoms with Crippen LogP contribution in [-0.4, -0.2) is 30.6 Å². The summed E-state index contributed by atoms with van der Waals surface area (Å²) >= 11 is 0. The van der Waals surface area contributed by atoms with Gasteiger partial charge in [-0.2, -0.15) is 0 Å². The predicted octanol–water partition coefficient (Wildman–Crippen LogP) is 26.2. The standard InChI is InChI=1S/C16H24.2C11H18.2C10H8O.4C6H6O.4C2H6.2CH4/c1-8-4-11-12(5-8)14-7-13(11)15-9-2-3-10(6-9)16(14)15;2*1-7-4-10-8-2-3-9(6-8)11(10)5-7;2*11-10-7-3-5-8-4-1-2-6-9(8)10;4*7-6-4-2-1-3-5-6;4*1-2;;/h8-16H,2-7H2,1H3;2*7-11H,2-6H2,1H3;2*1-7,11H;4*1-5,7H;4*1-2H3;2*1H4. The van der Waals surface area contributed by atoms with E-state index in [-0.39, 0.29) is 14.9 Å². The molecule has 11 aliphatic carbocycles. The van der Waals surface area contributed by atoms with Crippen molar-refractivity contribution in [1.82, 2.24) is 0 Å². The van der Waals surface area contributed by atoms with Crippen LogP contribution in [0.15, 0.2) is 206 Å². The summed E-state index contributed by atoms with van der Waals surface area (Å²) in [6, 6.07) is 61.4. The van der Waals surface area contributed by atoms with Crippen LogP contribution in [0.25, 0.3) is 21.5 Å². The van der Waals surface area contributed by atoms with Crippen molar-refractivity contribution >= 4 is 21.5 Å². The molecule has 0 amide bonds. The minimum Gasteiger partial charge on any atom is -0.508 e. The number of benzene rings is 8. The van der Waals surface area contributed by atoms with Crippen LogP contribution in [0, 0.1) is 112 Å². The van der Waals surface area contributed by atoms with Gasteiger partial charge in [-0.05, 0) is 287 Å². The maximum atomic E-state index is 9.37. The first-order valence-corrected chi connectivity index (χ1v) is 38.1. The van der Waals surface area contributed by atoms with Crippen molar-refractivity contribution in [3.63, 3.8) is 0 Å². The molecule has 11 aliphatic rings. The van der Waals surface area contributed by atoms with E-state index in [2.05, 4.69) is 20.8 Å². The molecule has 0 heterocycles. The molecule has 536 valence electrons. The highest BCUT2D eigenvalue weighted by molar-refractivity contribution is 5.88. The van der Waals surface area contributed by atoms with Gasteiger partial charge in [-0.3, -0.25) is 0 Å². The minimum atomic E-state index is 0. The Bertz CT molecular complexity index is 3030. The fourth-order valence-corrected chi connectivity index (χ4v) is 20.3. The maximum Gasteiger partial charge on any atom is 0.123 e. The molecule has 0 saturated heterocycles. The summed E-state index contributed by atoms with van der Waals surface area (Å²) < 4.78 is 0. The van der Waals surface area contributed by atoms with Crippen LogP contribution in [0.3, 0.4) is 0 Å². The smallest absolute Gasteiger partial charge is 0.123 e. The maximum absolute atomic E-state index is 9.37. The number of phenols is 6. The van der Waals surface area contributed by atoms with Gasteiger partial charge in [-0.25, -0.2) is 0 Å². The van der Waals surface area contributed by atoms with Crippen molar-refractivity contribution in [2.24, 2.45) is 112 Å². The molecule has 16 unspecified atom stereocenters. The van der Waals surface area contributed by atoms with Crippen LogP contribution >= 0.6 is 0 Å². The summed E-state index contributed by atoms with van der Waals surface area (Å²) in [5.74, 6) is 24.3. The van der Waals surface area contributed by atoms with Gasteiger partial charge in [-0.15, -0.1) is 0 Å². The van der Waals surface area contributed by atoms with Gasteiger partial charge in [0.2, 0.25) is 0 Å². The second-order valence-corrected chi connectivity index (χ2v) is 28.8. The Balaban J connectivity index is 0.000000199. The zero-order chi connectivity index (χ0) is 69.1. The highest BCUT2D eigenvalue weighted by atomic mass is 16.3. The molecule has 11 fully saturated rings. The Morgan fingerprint density at radius 1 is 0.224 bits per heavy atom. The van der Waals surface area contributed by atoms with Crippen molar-refractivity contribution in [2.75, 3.05) is 0 Å². The van der Waals surface area contributed by atoms with Gasteiger partial charge in [0.15, 0.2) is 0 Å². The van der Waals surface area contributed by atoms with E-state index in [9.17, 15) is 10.2 Å². The van der Waals surface area contributed by atoms with E-state index in [1.807, 2.05) is 152 Å². The highest BCUT2D eigenvalue weighted by Crippen LogP contribution is 2.73. The molecule has 8 aromatic carbocycles. The fourth-order valence-electron chi connectivity index (χ4n) is 20.3. The van der Waals surface area contributed by atoms with Crippen molar-refractivity contribution in [1.29, 1.82) is 0 Å². The van der Waals surface area contributed by atoms with Gasteiger partial charge in [0, 0.05) is 10.8 Å². The Kier molecular flexibility index (Phi) is 35.2. The molecule has 6 N–H and O–H groups in total. The third kappa shape index (κ3) is 21.8. The Morgan fingerprint density at radius 2 is 0.449 bits per heavy atom. The van der Waals surface area contributed by atoms with E-state index in [1.165, 1.54) is 94.7 Å². The molecule has 0 radical (unpaired) electrons. The van der Waals surface area contributed by atoms with Gasteiger partial charge < -0.3 is 30.6 Å². The molecule has 11 saturated carbocycles. The van der Waals surface area contributed by atoms with Gasteiger partial charge in [0.05, 0.1) is 0 Å². The van der Waals surface area contributed by atoms with Crippen LogP contribution in [0.4, 0.5) is 0 Å². The van der Waals surface area contributed by atoms with Crippen molar-refractivity contribution in [3.8, 4) is 34.5 Å². The number of phenolic OH excluding ortho intramolecular Hbond substituents is 6. The summed E-state index contributed by atoms with van der Waals surface area (Å²) in [6.07, 6.45) is 25.6. The highest BCUT2D eigenvalue weighted by Gasteiger charge is 2.66. The predicted molar refractivity (Wildman–Crippen MR) is 420 cm³/mol. The Labute approximate surface area is 595 Å². The van der Waals surface area contributed by atoms with E-state index in [0.29, 0.717) is 34.5 Å². The fraction of sp³-hybridized carbons (Fsp3) is 0.522. The summed E-state index contributed by atoms with van der Waals surface area (Å²) in [4.78, 5) is 0. The molecule has 19 rings (SSSR count). The number of aromatic hydroxyl groups is 6. The lowest BCUT2D eigenvalue weighted by Gasteiger charge is -2.40. The zero-order valence-corrected chi connectivity index (χ0v) is 60.6. The van der Waals surface area contributed by atoms with Crippen LogP contribution in [0.1, 0.15) is 194 Å². The number of hydrogen-bond donors (Lipinski definition) is 6. The SMILES string of the molecule is C.C.CC.CC.CC.CC.CC1CC2C(C1)C1CC2C2C3CCC(C3)C12.CC1CC2C3CCC(C3)C2C1.CC1CC2C3CCC(C3)C2C1.Oc1cccc2ccccc12.Oc1cccc2ccccc12.Oc1ccccc1.Oc1ccccc1.Oc1ccccc1.Oc1ccccc1. The number of hydrogen-bond acceptors (Lipinski definition) is 6. The second kappa shape index (κ2) is 42.2.